The third-order valence-electron chi connectivity index (χ3n) is 4.06. The maximum absolute atomic E-state index is 12.9. The average molecular weight is 445 g/mol. The fraction of sp³-hybridized carbons (Fsp3) is 0.316. The van der Waals surface area contributed by atoms with Crippen LogP contribution in [0.15, 0.2) is 41.3 Å². The Morgan fingerprint density at radius 1 is 1.14 bits per heavy atom. The predicted molar refractivity (Wildman–Crippen MR) is 112 cm³/mol. The van der Waals surface area contributed by atoms with Crippen LogP contribution in [0.4, 0.5) is 5.69 Å². The lowest BCUT2D eigenvalue weighted by molar-refractivity contribution is -0.116. The van der Waals surface area contributed by atoms with E-state index in [1.54, 1.807) is 39.0 Å². The number of hydrogen-bond donors (Lipinski definition) is 1. The molecule has 28 heavy (non-hydrogen) atoms. The number of likely N-dealkylation sites (N-methyl/N-ethyl adjacent to an activating group) is 1. The van der Waals surface area contributed by atoms with Crippen LogP contribution >= 0.6 is 23.2 Å². The molecule has 6 nitrogen and oxygen atoms in total. The van der Waals surface area contributed by atoms with Crippen LogP contribution in [0.3, 0.4) is 0 Å². The van der Waals surface area contributed by atoms with Crippen molar-refractivity contribution in [1.29, 1.82) is 0 Å². The van der Waals surface area contributed by atoms with E-state index in [9.17, 15) is 13.2 Å². The predicted octanol–water partition coefficient (Wildman–Crippen LogP) is 4.35. The van der Waals surface area contributed by atoms with Crippen LogP contribution in [0, 0.1) is 6.92 Å². The molecule has 9 heteroatoms. The Morgan fingerprint density at radius 3 is 2.46 bits per heavy atom. The first kappa shape index (κ1) is 22.5. The van der Waals surface area contributed by atoms with Crippen molar-refractivity contribution >= 4 is 44.8 Å². The summed E-state index contributed by atoms with van der Waals surface area (Å²) >= 11 is 12.2. The SMILES string of the molecule is CCOc1ccc(S(=O)(=O)N(CC)CC(=O)Nc2cccc(Cl)c2C)cc1Cl. The lowest BCUT2D eigenvalue weighted by Gasteiger charge is -2.21. The zero-order valence-electron chi connectivity index (χ0n) is 15.8. The van der Waals surface area contributed by atoms with Crippen molar-refractivity contribution in [3.05, 3.63) is 52.0 Å². The van der Waals surface area contributed by atoms with Crippen LogP contribution in [-0.2, 0) is 14.8 Å². The zero-order chi connectivity index (χ0) is 20.9. The van der Waals surface area contributed by atoms with E-state index < -0.39 is 15.9 Å². The smallest absolute Gasteiger partial charge is 0.243 e. The second-order valence-electron chi connectivity index (χ2n) is 5.92. The fourth-order valence-corrected chi connectivity index (χ4v) is 4.43. The Kier molecular flexibility index (Phi) is 7.71. The molecule has 0 heterocycles. The molecule has 0 saturated carbocycles. The van der Waals surface area contributed by atoms with E-state index in [2.05, 4.69) is 5.32 Å². The highest BCUT2D eigenvalue weighted by Gasteiger charge is 2.26. The second kappa shape index (κ2) is 9.60. The van der Waals surface area contributed by atoms with Gasteiger partial charge in [0.2, 0.25) is 15.9 Å². The van der Waals surface area contributed by atoms with Crippen LogP contribution in [0.2, 0.25) is 10.0 Å². The summed E-state index contributed by atoms with van der Waals surface area (Å²) in [4.78, 5) is 12.4. The van der Waals surface area contributed by atoms with Crippen molar-refractivity contribution in [2.45, 2.75) is 25.7 Å². The lowest BCUT2D eigenvalue weighted by atomic mass is 10.2. The van der Waals surface area contributed by atoms with E-state index in [0.717, 1.165) is 4.31 Å². The lowest BCUT2D eigenvalue weighted by Crippen LogP contribution is -2.37. The van der Waals surface area contributed by atoms with Crippen molar-refractivity contribution in [2.75, 3.05) is 25.0 Å². The first-order valence-corrected chi connectivity index (χ1v) is 10.9. The van der Waals surface area contributed by atoms with Gasteiger partial charge in [-0.25, -0.2) is 8.42 Å². The fourth-order valence-electron chi connectivity index (χ4n) is 2.52. The molecular formula is C19H22Cl2N2O4S. The molecule has 0 aliphatic carbocycles. The minimum atomic E-state index is -3.90. The van der Waals surface area contributed by atoms with Crippen molar-refractivity contribution < 1.29 is 17.9 Å². The minimum absolute atomic E-state index is 0.00506. The highest BCUT2D eigenvalue weighted by Crippen LogP contribution is 2.29. The molecular weight excluding hydrogens is 423 g/mol. The highest BCUT2D eigenvalue weighted by atomic mass is 35.5. The van der Waals surface area contributed by atoms with Crippen molar-refractivity contribution in [2.24, 2.45) is 0 Å². The van der Waals surface area contributed by atoms with E-state index in [4.69, 9.17) is 27.9 Å². The molecule has 2 aromatic carbocycles. The molecule has 1 amide bonds. The van der Waals surface area contributed by atoms with Crippen LogP contribution in [-0.4, -0.2) is 38.3 Å². The van der Waals surface area contributed by atoms with E-state index in [0.29, 0.717) is 28.6 Å². The van der Waals surface area contributed by atoms with E-state index in [-0.39, 0.29) is 23.0 Å². The first-order valence-electron chi connectivity index (χ1n) is 8.68. The summed E-state index contributed by atoms with van der Waals surface area (Å²) in [5.74, 6) is -0.0619. The standard InChI is InChI=1S/C19H22Cl2N2O4S/c1-4-23(12-19(24)22-17-8-6-7-15(20)13(17)3)28(25,26)14-9-10-18(27-5-2)16(21)11-14/h6-11H,4-5,12H2,1-3H3,(H,22,24). The minimum Gasteiger partial charge on any atom is -0.492 e. The number of carbonyl (C=O) groups is 1. The van der Waals surface area contributed by atoms with E-state index >= 15 is 0 Å². The van der Waals surface area contributed by atoms with Gasteiger partial charge in [-0.05, 0) is 49.7 Å². The molecule has 0 radical (unpaired) electrons. The largest absolute Gasteiger partial charge is 0.492 e. The molecule has 1 N–H and O–H groups in total. The van der Waals surface area contributed by atoms with Gasteiger partial charge >= 0.3 is 0 Å². The monoisotopic (exact) mass is 444 g/mol. The summed E-state index contributed by atoms with van der Waals surface area (Å²) in [6.07, 6.45) is 0. The Bertz CT molecular complexity index is 964. The Balaban J connectivity index is 2.20. The highest BCUT2D eigenvalue weighted by molar-refractivity contribution is 7.89. The van der Waals surface area contributed by atoms with Gasteiger partial charge in [-0.15, -0.1) is 0 Å². The van der Waals surface area contributed by atoms with E-state index in [1.807, 2.05) is 0 Å². The van der Waals surface area contributed by atoms with Crippen molar-refractivity contribution in [3.8, 4) is 5.75 Å². The van der Waals surface area contributed by atoms with Crippen LogP contribution < -0.4 is 10.1 Å². The van der Waals surface area contributed by atoms with Gasteiger partial charge in [-0.1, -0.05) is 36.2 Å². The average Bonchev–Trinajstić information content (AvgIpc) is 2.65. The number of carbonyl (C=O) groups excluding carboxylic acids is 1. The molecule has 0 aromatic heterocycles. The molecule has 0 unspecified atom stereocenters. The Labute approximate surface area is 175 Å². The second-order valence-corrected chi connectivity index (χ2v) is 8.67. The summed E-state index contributed by atoms with van der Waals surface area (Å²) in [6, 6.07) is 9.36. The molecule has 0 aliphatic heterocycles. The van der Waals surface area contributed by atoms with Gasteiger partial charge in [-0.3, -0.25) is 4.79 Å². The van der Waals surface area contributed by atoms with Crippen molar-refractivity contribution in [3.63, 3.8) is 0 Å². The Morgan fingerprint density at radius 2 is 1.86 bits per heavy atom. The number of amides is 1. The number of sulfonamides is 1. The number of rotatable bonds is 8. The summed E-state index contributed by atoms with van der Waals surface area (Å²) in [7, 11) is -3.90. The van der Waals surface area contributed by atoms with Gasteiger partial charge in [0.25, 0.3) is 0 Å². The van der Waals surface area contributed by atoms with Crippen LogP contribution in [0.1, 0.15) is 19.4 Å². The molecule has 0 bridgehead atoms. The maximum atomic E-state index is 12.9. The molecule has 0 spiro atoms. The van der Waals surface area contributed by atoms with Gasteiger partial charge in [0, 0.05) is 17.3 Å². The summed E-state index contributed by atoms with van der Waals surface area (Å²) < 4.78 is 32.2. The molecule has 0 aliphatic rings. The van der Waals surface area contributed by atoms with Crippen LogP contribution in [0.25, 0.3) is 0 Å². The Hall–Kier alpha value is -1.80. The van der Waals surface area contributed by atoms with E-state index in [1.165, 1.54) is 18.2 Å². The van der Waals surface area contributed by atoms with Gasteiger partial charge in [0.15, 0.2) is 0 Å². The normalized spacial score (nSPS) is 11.5. The van der Waals surface area contributed by atoms with Crippen molar-refractivity contribution in [1.82, 2.24) is 4.31 Å². The quantitative estimate of drug-likeness (QED) is 0.656. The number of nitrogens with one attached hydrogen (secondary N) is 1. The summed E-state index contributed by atoms with van der Waals surface area (Å²) in [6.45, 7) is 5.43. The van der Waals surface area contributed by atoms with Gasteiger partial charge in [-0.2, -0.15) is 4.31 Å². The van der Waals surface area contributed by atoms with Gasteiger partial charge in [0.05, 0.1) is 23.1 Å². The number of halogens is 2. The third-order valence-corrected chi connectivity index (χ3v) is 6.68. The zero-order valence-corrected chi connectivity index (χ0v) is 18.2. The maximum Gasteiger partial charge on any atom is 0.243 e. The third kappa shape index (κ3) is 5.17. The number of nitrogens with zero attached hydrogens (tertiary/aromatic N) is 1. The first-order chi connectivity index (χ1) is 13.2. The van der Waals surface area contributed by atoms with Crippen LogP contribution in [0.5, 0.6) is 5.75 Å². The molecule has 0 fully saturated rings. The number of hydrogen-bond acceptors (Lipinski definition) is 4. The molecule has 0 atom stereocenters. The number of ether oxygens (including phenoxy) is 1. The summed E-state index contributed by atoms with van der Waals surface area (Å²) in [5.41, 5.74) is 1.25. The number of anilines is 1. The number of benzene rings is 2. The molecule has 0 saturated heterocycles. The molecule has 2 rings (SSSR count). The van der Waals surface area contributed by atoms with Gasteiger partial charge in [0.1, 0.15) is 5.75 Å². The molecule has 2 aromatic rings. The molecule has 152 valence electrons. The van der Waals surface area contributed by atoms with Gasteiger partial charge < -0.3 is 10.1 Å². The topological polar surface area (TPSA) is 75.7 Å². The summed E-state index contributed by atoms with van der Waals surface area (Å²) in [5, 5.41) is 3.41.